The first-order chi connectivity index (χ1) is 16.1. The Morgan fingerprint density at radius 1 is 0.970 bits per heavy atom. The van der Waals surface area contributed by atoms with Gasteiger partial charge in [-0.3, -0.25) is 20.4 Å². The molecule has 0 saturated heterocycles. The predicted molar refractivity (Wildman–Crippen MR) is 122 cm³/mol. The first-order valence-electron chi connectivity index (χ1n) is 10.6. The van der Waals surface area contributed by atoms with Gasteiger partial charge in [-0.05, 0) is 41.0 Å². The molecule has 0 fully saturated rings. The number of hydrogen-bond donors (Lipinski definition) is 3. The van der Waals surface area contributed by atoms with E-state index in [2.05, 4.69) is 15.8 Å². The Hall–Kier alpha value is -4.39. The van der Waals surface area contributed by atoms with Crippen molar-refractivity contribution in [3.8, 4) is 0 Å². The molecule has 2 amide bonds. The topological polar surface area (TPSA) is 100 Å². The largest absolute Gasteiger partial charge is 0.454 e. The Balaban J connectivity index is 1.25. The van der Waals surface area contributed by atoms with Crippen molar-refractivity contribution in [1.29, 1.82) is 0 Å². The Bertz CT molecular complexity index is 1360. The van der Waals surface area contributed by atoms with Gasteiger partial charge in [0.25, 0.3) is 5.91 Å². The van der Waals surface area contributed by atoms with Crippen molar-refractivity contribution in [1.82, 2.24) is 15.8 Å². The maximum absolute atomic E-state index is 12.6. The molecule has 4 aromatic rings. The quantitative estimate of drug-likeness (QED) is 0.334. The van der Waals surface area contributed by atoms with E-state index in [1.165, 1.54) is 0 Å². The number of aromatic nitrogens is 1. The molecule has 7 nitrogen and oxygen atoms in total. The summed E-state index contributed by atoms with van der Waals surface area (Å²) >= 11 is 0. The standard InChI is InChI=1S/C26H21N3O4/c30-24(14-19-15-27-22-9-5-4-8-20(19)22)28-29-25(31)17-10-11-21-18(12-17)13-23(33-26(21)32)16-6-2-1-3-7-16/h1-12,15,23,27H,13-14H2,(H,28,30)(H,29,31). The maximum Gasteiger partial charge on any atom is 0.339 e. The van der Waals surface area contributed by atoms with E-state index in [1.807, 2.05) is 54.6 Å². The van der Waals surface area contributed by atoms with Crippen LogP contribution in [0.25, 0.3) is 10.9 Å². The van der Waals surface area contributed by atoms with Crippen molar-refractivity contribution in [2.45, 2.75) is 18.9 Å². The molecule has 7 heteroatoms. The highest BCUT2D eigenvalue weighted by atomic mass is 16.5. The van der Waals surface area contributed by atoms with Gasteiger partial charge in [-0.25, -0.2) is 4.79 Å². The fourth-order valence-corrected chi connectivity index (χ4v) is 4.08. The van der Waals surface area contributed by atoms with E-state index < -0.39 is 18.0 Å². The van der Waals surface area contributed by atoms with Crippen LogP contribution in [-0.4, -0.2) is 22.8 Å². The van der Waals surface area contributed by atoms with E-state index in [0.717, 1.165) is 27.6 Å². The lowest BCUT2D eigenvalue weighted by molar-refractivity contribution is -0.121. The van der Waals surface area contributed by atoms with E-state index in [0.29, 0.717) is 17.5 Å². The van der Waals surface area contributed by atoms with Gasteiger partial charge in [-0.1, -0.05) is 48.5 Å². The van der Waals surface area contributed by atoms with E-state index in [9.17, 15) is 14.4 Å². The number of ether oxygens (including phenoxy) is 1. The van der Waals surface area contributed by atoms with Crippen LogP contribution < -0.4 is 10.9 Å². The number of amides is 2. The minimum absolute atomic E-state index is 0.124. The third kappa shape index (κ3) is 4.21. The minimum Gasteiger partial charge on any atom is -0.454 e. The van der Waals surface area contributed by atoms with Gasteiger partial charge in [0.05, 0.1) is 12.0 Å². The van der Waals surface area contributed by atoms with Crippen LogP contribution in [0.3, 0.4) is 0 Å². The van der Waals surface area contributed by atoms with Gasteiger partial charge in [-0.15, -0.1) is 0 Å². The van der Waals surface area contributed by atoms with Gasteiger partial charge in [0.2, 0.25) is 5.91 Å². The van der Waals surface area contributed by atoms with Gasteiger partial charge < -0.3 is 9.72 Å². The third-order valence-electron chi connectivity index (χ3n) is 5.75. The number of hydrazine groups is 1. The summed E-state index contributed by atoms with van der Waals surface area (Å²) in [6.45, 7) is 0. The number of esters is 1. The molecule has 0 spiro atoms. The van der Waals surface area contributed by atoms with E-state index >= 15 is 0 Å². The zero-order valence-electron chi connectivity index (χ0n) is 17.6. The number of benzene rings is 3. The number of cyclic esters (lactones) is 1. The molecule has 3 aromatic carbocycles. The maximum atomic E-state index is 12.6. The Labute approximate surface area is 189 Å². The van der Waals surface area contributed by atoms with Crippen LogP contribution in [0.15, 0.2) is 79.0 Å². The van der Waals surface area contributed by atoms with Gasteiger partial charge >= 0.3 is 5.97 Å². The van der Waals surface area contributed by atoms with Crippen LogP contribution in [0.4, 0.5) is 0 Å². The Kier molecular flexibility index (Phi) is 5.36. The number of hydrogen-bond acceptors (Lipinski definition) is 4. The molecule has 1 unspecified atom stereocenters. The molecule has 1 aliphatic heterocycles. The summed E-state index contributed by atoms with van der Waals surface area (Å²) in [5, 5.41) is 0.966. The highest BCUT2D eigenvalue weighted by Crippen LogP contribution is 2.31. The highest BCUT2D eigenvalue weighted by molar-refractivity contribution is 5.98. The second-order valence-electron chi connectivity index (χ2n) is 7.92. The Morgan fingerprint density at radius 3 is 2.61 bits per heavy atom. The number of carbonyl (C=O) groups excluding carboxylic acids is 3. The molecule has 1 aliphatic rings. The lowest BCUT2D eigenvalue weighted by Gasteiger charge is -2.25. The fourth-order valence-electron chi connectivity index (χ4n) is 4.08. The van der Waals surface area contributed by atoms with Crippen molar-refractivity contribution in [3.63, 3.8) is 0 Å². The zero-order chi connectivity index (χ0) is 22.8. The van der Waals surface area contributed by atoms with Crippen molar-refractivity contribution in [2.24, 2.45) is 0 Å². The van der Waals surface area contributed by atoms with E-state index in [-0.39, 0.29) is 12.3 Å². The number of fused-ring (bicyclic) bond motifs is 2. The van der Waals surface area contributed by atoms with Gasteiger partial charge in [0.15, 0.2) is 0 Å². The van der Waals surface area contributed by atoms with Crippen molar-refractivity contribution in [2.75, 3.05) is 0 Å². The number of aromatic amines is 1. The van der Waals surface area contributed by atoms with Crippen molar-refractivity contribution < 1.29 is 19.1 Å². The van der Waals surface area contributed by atoms with Crippen molar-refractivity contribution in [3.05, 3.63) is 107 Å². The fraction of sp³-hybridized carbons (Fsp3) is 0.115. The average Bonchev–Trinajstić information content (AvgIpc) is 3.25. The van der Waals surface area contributed by atoms with Crippen LogP contribution >= 0.6 is 0 Å². The molecule has 1 aromatic heterocycles. The molecule has 0 saturated carbocycles. The second kappa shape index (κ2) is 8.63. The summed E-state index contributed by atoms with van der Waals surface area (Å²) in [6.07, 6.45) is 1.98. The normalized spacial score (nSPS) is 14.9. The molecule has 0 bridgehead atoms. The SMILES string of the molecule is O=C(Cc1c[nH]c2ccccc12)NNC(=O)c1ccc2c(c1)CC(c1ccccc1)OC2=O. The third-order valence-corrected chi connectivity index (χ3v) is 5.75. The zero-order valence-corrected chi connectivity index (χ0v) is 17.6. The molecule has 5 rings (SSSR count). The molecule has 1 atom stereocenters. The molecule has 2 heterocycles. The molecule has 3 N–H and O–H groups in total. The summed E-state index contributed by atoms with van der Waals surface area (Å²) in [5.41, 5.74) is 9.14. The van der Waals surface area contributed by atoms with Crippen LogP contribution in [-0.2, 0) is 22.4 Å². The number of nitrogens with one attached hydrogen (secondary N) is 3. The van der Waals surface area contributed by atoms with Crippen LogP contribution in [0, 0.1) is 0 Å². The number of H-pyrrole nitrogens is 1. The highest BCUT2D eigenvalue weighted by Gasteiger charge is 2.28. The lowest BCUT2D eigenvalue weighted by Crippen LogP contribution is -2.42. The van der Waals surface area contributed by atoms with Gasteiger partial charge in [-0.2, -0.15) is 0 Å². The monoisotopic (exact) mass is 439 g/mol. The number of rotatable bonds is 4. The molecule has 33 heavy (non-hydrogen) atoms. The van der Waals surface area contributed by atoms with Crippen LogP contribution in [0.1, 0.15) is 43.5 Å². The summed E-state index contributed by atoms with van der Waals surface area (Å²) in [5.74, 6) is -1.21. The smallest absolute Gasteiger partial charge is 0.339 e. The molecular weight excluding hydrogens is 418 g/mol. The van der Waals surface area contributed by atoms with E-state index in [4.69, 9.17) is 4.74 Å². The molecular formula is C26H21N3O4. The summed E-state index contributed by atoms with van der Waals surface area (Å²) in [4.78, 5) is 40.6. The number of para-hydroxylation sites is 1. The molecule has 164 valence electrons. The van der Waals surface area contributed by atoms with Gasteiger partial charge in [0.1, 0.15) is 6.10 Å². The molecule has 0 aliphatic carbocycles. The lowest BCUT2D eigenvalue weighted by atomic mass is 9.93. The minimum atomic E-state index is -0.458. The predicted octanol–water partition coefficient (Wildman–Crippen LogP) is 3.63. The summed E-state index contributed by atoms with van der Waals surface area (Å²) < 4.78 is 5.56. The summed E-state index contributed by atoms with van der Waals surface area (Å²) in [6, 6.07) is 22.0. The first kappa shape index (κ1) is 20.5. The number of carbonyl (C=O) groups is 3. The van der Waals surface area contributed by atoms with E-state index in [1.54, 1.807) is 24.4 Å². The summed E-state index contributed by atoms with van der Waals surface area (Å²) in [7, 11) is 0. The average molecular weight is 439 g/mol. The Morgan fingerprint density at radius 2 is 1.76 bits per heavy atom. The van der Waals surface area contributed by atoms with Crippen LogP contribution in [0.5, 0.6) is 0 Å². The van der Waals surface area contributed by atoms with Crippen molar-refractivity contribution >= 4 is 28.7 Å². The first-order valence-corrected chi connectivity index (χ1v) is 10.6. The van der Waals surface area contributed by atoms with Crippen LogP contribution in [0.2, 0.25) is 0 Å². The molecule has 0 radical (unpaired) electrons. The van der Waals surface area contributed by atoms with Gasteiger partial charge in [0, 0.05) is 29.1 Å². The second-order valence-corrected chi connectivity index (χ2v) is 7.92.